The highest BCUT2D eigenvalue weighted by Crippen LogP contribution is 2.22. The first-order valence-electron chi connectivity index (χ1n) is 8.98. The Morgan fingerprint density at radius 2 is 1.45 bits per heavy atom. The summed E-state index contributed by atoms with van der Waals surface area (Å²) in [5.74, 6) is 0.921. The van der Waals surface area contributed by atoms with Crippen LogP contribution in [-0.2, 0) is 16.6 Å². The molecule has 1 aliphatic heterocycles. The standard InChI is InChI=1S/C19H18Cl2N4O3S/c20-15-3-1-14(2-4-15)19-23-22-18(28-19)13-24-9-11-25(12-10-24)29(26,27)17-7-5-16(21)6-8-17/h1-8H,9-13H2. The summed E-state index contributed by atoms with van der Waals surface area (Å²) in [5, 5.41) is 9.32. The molecule has 1 aliphatic rings. The van der Waals surface area contributed by atoms with Gasteiger partial charge in [0, 0.05) is 41.8 Å². The van der Waals surface area contributed by atoms with Crippen molar-refractivity contribution in [2.24, 2.45) is 0 Å². The third-order valence-corrected chi connectivity index (χ3v) is 7.12. The SMILES string of the molecule is O=S(=O)(c1ccc(Cl)cc1)N1CCN(Cc2nnc(-c3ccc(Cl)cc3)o2)CC1. The Morgan fingerprint density at radius 3 is 2.07 bits per heavy atom. The van der Waals surface area contributed by atoms with Gasteiger partial charge >= 0.3 is 0 Å². The first-order valence-corrected chi connectivity index (χ1v) is 11.2. The highest BCUT2D eigenvalue weighted by molar-refractivity contribution is 7.89. The van der Waals surface area contributed by atoms with Crippen molar-refractivity contribution in [1.29, 1.82) is 0 Å². The molecule has 0 unspecified atom stereocenters. The lowest BCUT2D eigenvalue weighted by Gasteiger charge is -2.33. The highest BCUT2D eigenvalue weighted by atomic mass is 35.5. The molecule has 2 aromatic carbocycles. The van der Waals surface area contributed by atoms with Gasteiger partial charge in [0.1, 0.15) is 0 Å². The molecule has 3 aromatic rings. The van der Waals surface area contributed by atoms with Crippen LogP contribution in [0.5, 0.6) is 0 Å². The first-order chi connectivity index (χ1) is 13.9. The number of rotatable bonds is 5. The summed E-state index contributed by atoms with van der Waals surface area (Å²) in [6.07, 6.45) is 0. The van der Waals surface area contributed by atoms with E-state index in [1.807, 2.05) is 12.1 Å². The van der Waals surface area contributed by atoms with E-state index in [9.17, 15) is 8.42 Å². The zero-order valence-corrected chi connectivity index (χ0v) is 17.7. The van der Waals surface area contributed by atoms with Crippen LogP contribution in [0, 0.1) is 0 Å². The molecule has 1 fully saturated rings. The lowest BCUT2D eigenvalue weighted by Crippen LogP contribution is -2.48. The van der Waals surface area contributed by atoms with E-state index in [1.54, 1.807) is 24.3 Å². The molecule has 1 saturated heterocycles. The Bertz CT molecular complexity index is 1080. The molecule has 152 valence electrons. The van der Waals surface area contributed by atoms with Gasteiger partial charge in [-0.2, -0.15) is 4.31 Å². The van der Waals surface area contributed by atoms with Gasteiger partial charge in [0.05, 0.1) is 11.4 Å². The van der Waals surface area contributed by atoms with Gasteiger partial charge in [0.15, 0.2) is 0 Å². The zero-order chi connectivity index (χ0) is 20.4. The summed E-state index contributed by atoms with van der Waals surface area (Å²) in [7, 11) is -3.52. The maximum absolute atomic E-state index is 12.8. The molecule has 0 N–H and O–H groups in total. The van der Waals surface area contributed by atoms with Crippen LogP contribution < -0.4 is 0 Å². The Balaban J connectivity index is 1.37. The lowest BCUT2D eigenvalue weighted by molar-refractivity contribution is 0.168. The molecule has 7 nitrogen and oxygen atoms in total. The van der Waals surface area contributed by atoms with Crippen LogP contribution in [0.3, 0.4) is 0 Å². The van der Waals surface area contributed by atoms with Crippen molar-refractivity contribution < 1.29 is 12.8 Å². The second kappa shape index (κ2) is 8.41. The number of halogens is 2. The van der Waals surface area contributed by atoms with Gasteiger partial charge < -0.3 is 4.42 Å². The van der Waals surface area contributed by atoms with Crippen LogP contribution in [0.1, 0.15) is 5.89 Å². The molecule has 10 heteroatoms. The maximum atomic E-state index is 12.8. The molecular weight excluding hydrogens is 435 g/mol. The third kappa shape index (κ3) is 4.62. The number of piperazine rings is 1. The number of benzene rings is 2. The quantitative estimate of drug-likeness (QED) is 0.588. The molecule has 0 spiro atoms. The second-order valence-electron chi connectivity index (χ2n) is 6.64. The number of aromatic nitrogens is 2. The summed E-state index contributed by atoms with van der Waals surface area (Å²) < 4.78 is 32.7. The molecular formula is C19H18Cl2N4O3S. The van der Waals surface area contributed by atoms with E-state index in [-0.39, 0.29) is 4.90 Å². The maximum Gasteiger partial charge on any atom is 0.247 e. The molecule has 4 rings (SSSR count). The molecule has 0 amide bonds. The Morgan fingerprint density at radius 1 is 0.862 bits per heavy atom. The van der Waals surface area contributed by atoms with E-state index in [1.165, 1.54) is 16.4 Å². The smallest absolute Gasteiger partial charge is 0.247 e. The molecule has 0 aliphatic carbocycles. The summed E-state index contributed by atoms with van der Waals surface area (Å²) in [4.78, 5) is 2.34. The number of sulfonamides is 1. The van der Waals surface area contributed by atoms with Crippen LogP contribution in [-0.4, -0.2) is 54.0 Å². The summed E-state index contributed by atoms with van der Waals surface area (Å²) in [6, 6.07) is 13.4. The van der Waals surface area contributed by atoms with Crippen molar-refractivity contribution in [1.82, 2.24) is 19.4 Å². The van der Waals surface area contributed by atoms with E-state index in [2.05, 4.69) is 15.1 Å². The molecule has 1 aromatic heterocycles. The molecule has 0 bridgehead atoms. The average Bonchev–Trinajstić information content (AvgIpc) is 3.18. The molecule has 29 heavy (non-hydrogen) atoms. The average molecular weight is 453 g/mol. The summed E-state index contributed by atoms with van der Waals surface area (Å²) in [5.41, 5.74) is 0.798. The monoisotopic (exact) mass is 452 g/mol. The van der Waals surface area contributed by atoms with Gasteiger partial charge in [0.25, 0.3) is 0 Å². The minimum Gasteiger partial charge on any atom is -0.419 e. The van der Waals surface area contributed by atoms with Gasteiger partial charge in [0.2, 0.25) is 21.8 Å². The first kappa shape index (κ1) is 20.3. The summed E-state index contributed by atoms with van der Waals surface area (Å²) >= 11 is 11.7. The van der Waals surface area contributed by atoms with Gasteiger partial charge in [-0.25, -0.2) is 8.42 Å². The minimum absolute atomic E-state index is 0.250. The lowest BCUT2D eigenvalue weighted by atomic mass is 10.2. The fraction of sp³-hybridized carbons (Fsp3) is 0.263. The predicted octanol–water partition coefficient (Wildman–Crippen LogP) is 3.55. The number of nitrogens with zero attached hydrogens (tertiary/aromatic N) is 4. The van der Waals surface area contributed by atoms with Crippen molar-refractivity contribution >= 4 is 33.2 Å². The van der Waals surface area contributed by atoms with Crippen LogP contribution in [0.25, 0.3) is 11.5 Å². The Kier molecular flexibility index (Phi) is 5.89. The highest BCUT2D eigenvalue weighted by Gasteiger charge is 2.29. The van der Waals surface area contributed by atoms with E-state index in [0.717, 1.165) is 5.56 Å². The molecule has 2 heterocycles. The number of hydrogen-bond acceptors (Lipinski definition) is 6. The molecule has 0 radical (unpaired) electrons. The number of hydrogen-bond donors (Lipinski definition) is 0. The molecule has 0 atom stereocenters. The van der Waals surface area contributed by atoms with Crippen LogP contribution in [0.2, 0.25) is 10.0 Å². The van der Waals surface area contributed by atoms with Crippen molar-refractivity contribution in [3.05, 3.63) is 64.5 Å². The van der Waals surface area contributed by atoms with Crippen LogP contribution in [0.4, 0.5) is 0 Å². The van der Waals surface area contributed by atoms with Gasteiger partial charge in [-0.05, 0) is 48.5 Å². The Labute approximate surface area is 178 Å². The van der Waals surface area contributed by atoms with E-state index < -0.39 is 10.0 Å². The zero-order valence-electron chi connectivity index (χ0n) is 15.3. The summed E-state index contributed by atoms with van der Waals surface area (Å²) in [6.45, 7) is 2.40. The van der Waals surface area contributed by atoms with Gasteiger partial charge in [-0.1, -0.05) is 23.2 Å². The van der Waals surface area contributed by atoms with Gasteiger partial charge in [-0.3, -0.25) is 4.90 Å². The Hall–Kier alpha value is -1.97. The van der Waals surface area contributed by atoms with Crippen LogP contribution in [0.15, 0.2) is 57.8 Å². The van der Waals surface area contributed by atoms with E-state index in [4.69, 9.17) is 27.6 Å². The van der Waals surface area contributed by atoms with Crippen molar-refractivity contribution in [2.45, 2.75) is 11.4 Å². The fourth-order valence-electron chi connectivity index (χ4n) is 3.10. The topological polar surface area (TPSA) is 79.5 Å². The normalized spacial score (nSPS) is 16.2. The van der Waals surface area contributed by atoms with E-state index in [0.29, 0.717) is 54.6 Å². The molecule has 0 saturated carbocycles. The van der Waals surface area contributed by atoms with E-state index >= 15 is 0 Å². The fourth-order valence-corrected chi connectivity index (χ4v) is 4.78. The van der Waals surface area contributed by atoms with Crippen molar-refractivity contribution in [2.75, 3.05) is 26.2 Å². The van der Waals surface area contributed by atoms with Crippen molar-refractivity contribution in [3.8, 4) is 11.5 Å². The van der Waals surface area contributed by atoms with Gasteiger partial charge in [-0.15, -0.1) is 10.2 Å². The second-order valence-corrected chi connectivity index (χ2v) is 9.45. The van der Waals surface area contributed by atoms with Crippen LogP contribution >= 0.6 is 23.2 Å². The largest absolute Gasteiger partial charge is 0.419 e. The predicted molar refractivity (Wildman–Crippen MR) is 110 cm³/mol. The minimum atomic E-state index is -3.52. The van der Waals surface area contributed by atoms with Crippen molar-refractivity contribution in [3.63, 3.8) is 0 Å². The third-order valence-electron chi connectivity index (χ3n) is 4.70.